The summed E-state index contributed by atoms with van der Waals surface area (Å²) in [5, 5.41) is 18.6. The molecule has 2 rings (SSSR count). The molecule has 5 nitrogen and oxygen atoms in total. The average molecular weight is 332 g/mol. The van der Waals surface area contributed by atoms with Gasteiger partial charge in [0.2, 0.25) is 5.91 Å². The molecule has 6 heteroatoms. The molecule has 1 heterocycles. The molecule has 0 bridgehead atoms. The lowest BCUT2D eigenvalue weighted by molar-refractivity contribution is -0.122. The molecule has 0 aliphatic carbocycles. The molecule has 0 aliphatic heterocycles. The number of rotatable bonds is 8. The van der Waals surface area contributed by atoms with Crippen molar-refractivity contribution in [2.75, 3.05) is 13.2 Å². The van der Waals surface area contributed by atoms with Crippen molar-refractivity contribution in [2.45, 2.75) is 18.9 Å². The number of thiophene rings is 1. The Morgan fingerprint density at radius 1 is 1.17 bits per heavy atom. The minimum absolute atomic E-state index is 0.121. The minimum Gasteiger partial charge on any atom is -0.394 e. The average Bonchev–Trinajstić information content (AvgIpc) is 3.12. The van der Waals surface area contributed by atoms with Gasteiger partial charge >= 0.3 is 0 Å². The lowest BCUT2D eigenvalue weighted by Gasteiger charge is -2.16. The van der Waals surface area contributed by atoms with Gasteiger partial charge in [0.15, 0.2) is 0 Å². The van der Waals surface area contributed by atoms with Gasteiger partial charge in [-0.05, 0) is 23.4 Å². The lowest BCUT2D eigenvalue weighted by atomic mass is 10.1. The number of hydrogen-bond donors (Lipinski definition) is 3. The molecular weight excluding hydrogens is 312 g/mol. The van der Waals surface area contributed by atoms with Crippen LogP contribution < -0.4 is 10.6 Å². The first-order valence-electron chi connectivity index (χ1n) is 7.46. The Balaban J connectivity index is 1.69. The van der Waals surface area contributed by atoms with Crippen LogP contribution >= 0.6 is 11.3 Å². The summed E-state index contributed by atoms with van der Waals surface area (Å²) in [4.78, 5) is 23.6. The number of aliphatic hydroxyl groups excluding tert-OH is 1. The summed E-state index contributed by atoms with van der Waals surface area (Å²) in [6.07, 6.45) is 0.849. The van der Waals surface area contributed by atoms with E-state index < -0.39 is 6.04 Å². The number of nitrogens with one attached hydrogen (secondary N) is 2. The fourth-order valence-corrected chi connectivity index (χ4v) is 2.77. The molecule has 1 unspecified atom stereocenters. The standard InChI is InChI=1S/C17H20N2O3S/c20-11-15(13-5-2-1-3-6-13)19-16(21)7-4-9-18-17(22)14-8-10-23-12-14/h1-3,5-6,8,10,12,15,20H,4,7,9,11H2,(H,18,22)(H,19,21). The molecule has 0 radical (unpaired) electrons. The highest BCUT2D eigenvalue weighted by Gasteiger charge is 2.13. The van der Waals surface area contributed by atoms with E-state index in [0.717, 1.165) is 5.56 Å². The van der Waals surface area contributed by atoms with Crippen molar-refractivity contribution in [3.8, 4) is 0 Å². The molecule has 1 atom stereocenters. The van der Waals surface area contributed by atoms with Crippen LogP contribution in [0.1, 0.15) is 34.8 Å². The summed E-state index contributed by atoms with van der Waals surface area (Å²) in [5.41, 5.74) is 1.51. The maximum absolute atomic E-state index is 11.9. The molecule has 1 aromatic carbocycles. The second-order valence-corrected chi connectivity index (χ2v) is 5.86. The summed E-state index contributed by atoms with van der Waals surface area (Å²) in [6, 6.07) is 10.7. The quantitative estimate of drug-likeness (QED) is 0.648. The third-order valence-electron chi connectivity index (χ3n) is 3.37. The van der Waals surface area contributed by atoms with Crippen LogP contribution in [0.3, 0.4) is 0 Å². The molecule has 23 heavy (non-hydrogen) atoms. The monoisotopic (exact) mass is 332 g/mol. The zero-order valence-corrected chi connectivity index (χ0v) is 13.5. The van der Waals surface area contributed by atoms with Crippen LogP contribution in [0.4, 0.5) is 0 Å². The number of benzene rings is 1. The molecule has 2 aromatic rings. The van der Waals surface area contributed by atoms with Gasteiger partial charge in [0.05, 0.1) is 12.6 Å². The summed E-state index contributed by atoms with van der Waals surface area (Å²) in [5.74, 6) is -0.262. The second-order valence-electron chi connectivity index (χ2n) is 5.08. The van der Waals surface area contributed by atoms with Gasteiger partial charge in [0.25, 0.3) is 5.91 Å². The minimum atomic E-state index is -0.399. The van der Waals surface area contributed by atoms with Crippen molar-refractivity contribution in [1.29, 1.82) is 0 Å². The van der Waals surface area contributed by atoms with Gasteiger partial charge in [0, 0.05) is 23.9 Å². The van der Waals surface area contributed by atoms with E-state index >= 15 is 0 Å². The number of hydrogen-bond acceptors (Lipinski definition) is 4. The first kappa shape index (κ1) is 17.2. The fourth-order valence-electron chi connectivity index (χ4n) is 2.13. The topological polar surface area (TPSA) is 78.4 Å². The Morgan fingerprint density at radius 2 is 1.96 bits per heavy atom. The molecule has 3 N–H and O–H groups in total. The normalized spacial score (nSPS) is 11.7. The molecule has 0 aliphatic rings. The van der Waals surface area contributed by atoms with E-state index in [1.54, 1.807) is 11.4 Å². The Kier molecular flexibility index (Phi) is 6.77. The molecule has 122 valence electrons. The summed E-state index contributed by atoms with van der Waals surface area (Å²) < 4.78 is 0. The van der Waals surface area contributed by atoms with Crippen LogP contribution in [-0.4, -0.2) is 30.1 Å². The van der Waals surface area contributed by atoms with Crippen LogP contribution in [0.25, 0.3) is 0 Å². The maximum atomic E-state index is 11.9. The van der Waals surface area contributed by atoms with E-state index in [4.69, 9.17) is 0 Å². The van der Waals surface area contributed by atoms with Crippen LogP contribution in [0.5, 0.6) is 0 Å². The van der Waals surface area contributed by atoms with Crippen molar-refractivity contribution >= 4 is 23.2 Å². The van der Waals surface area contributed by atoms with Gasteiger partial charge in [-0.15, -0.1) is 0 Å². The number of aliphatic hydroxyl groups is 1. The van der Waals surface area contributed by atoms with E-state index in [-0.39, 0.29) is 18.4 Å². The van der Waals surface area contributed by atoms with Gasteiger partial charge < -0.3 is 15.7 Å². The fraction of sp³-hybridized carbons (Fsp3) is 0.294. The SMILES string of the molecule is O=C(CCCNC(=O)c1ccsc1)NC(CO)c1ccccc1. The number of amides is 2. The van der Waals surface area contributed by atoms with E-state index in [1.807, 2.05) is 35.7 Å². The van der Waals surface area contributed by atoms with Crippen molar-refractivity contribution in [1.82, 2.24) is 10.6 Å². The molecule has 0 spiro atoms. The maximum Gasteiger partial charge on any atom is 0.252 e. The third kappa shape index (κ3) is 5.50. The van der Waals surface area contributed by atoms with E-state index in [2.05, 4.69) is 10.6 Å². The van der Waals surface area contributed by atoms with Gasteiger partial charge in [-0.3, -0.25) is 9.59 Å². The van der Waals surface area contributed by atoms with E-state index in [1.165, 1.54) is 11.3 Å². The van der Waals surface area contributed by atoms with Crippen molar-refractivity contribution in [2.24, 2.45) is 0 Å². The zero-order valence-electron chi connectivity index (χ0n) is 12.7. The van der Waals surface area contributed by atoms with Crippen LogP contribution in [-0.2, 0) is 4.79 Å². The van der Waals surface area contributed by atoms with Crippen LogP contribution in [0, 0.1) is 0 Å². The Labute approximate surface area is 139 Å². The number of carbonyl (C=O) groups is 2. The smallest absolute Gasteiger partial charge is 0.252 e. The van der Waals surface area contributed by atoms with Gasteiger partial charge in [-0.1, -0.05) is 30.3 Å². The first-order valence-corrected chi connectivity index (χ1v) is 8.40. The Morgan fingerprint density at radius 3 is 2.61 bits per heavy atom. The molecule has 2 amide bonds. The lowest BCUT2D eigenvalue weighted by Crippen LogP contribution is -2.31. The number of carbonyl (C=O) groups excluding carboxylic acids is 2. The molecule has 0 saturated carbocycles. The summed E-state index contributed by atoms with van der Waals surface area (Å²) in [7, 11) is 0. The Bertz CT molecular complexity index is 614. The molecular formula is C17H20N2O3S. The first-order chi connectivity index (χ1) is 11.2. The van der Waals surface area contributed by atoms with Gasteiger partial charge in [-0.2, -0.15) is 11.3 Å². The molecule has 0 saturated heterocycles. The highest BCUT2D eigenvalue weighted by Crippen LogP contribution is 2.11. The molecule has 0 fully saturated rings. The predicted octanol–water partition coefficient (Wildman–Crippen LogP) is 2.11. The zero-order chi connectivity index (χ0) is 16.5. The van der Waals surface area contributed by atoms with Crippen LogP contribution in [0.15, 0.2) is 47.2 Å². The highest BCUT2D eigenvalue weighted by atomic mass is 32.1. The third-order valence-corrected chi connectivity index (χ3v) is 4.05. The van der Waals surface area contributed by atoms with E-state index in [0.29, 0.717) is 24.9 Å². The molecule has 1 aromatic heterocycles. The van der Waals surface area contributed by atoms with Gasteiger partial charge in [0.1, 0.15) is 0 Å². The van der Waals surface area contributed by atoms with E-state index in [9.17, 15) is 14.7 Å². The van der Waals surface area contributed by atoms with Crippen LogP contribution in [0.2, 0.25) is 0 Å². The van der Waals surface area contributed by atoms with Crippen molar-refractivity contribution in [3.63, 3.8) is 0 Å². The predicted molar refractivity (Wildman–Crippen MR) is 90.3 cm³/mol. The highest BCUT2D eigenvalue weighted by molar-refractivity contribution is 7.08. The largest absolute Gasteiger partial charge is 0.394 e. The van der Waals surface area contributed by atoms with Gasteiger partial charge in [-0.25, -0.2) is 0 Å². The van der Waals surface area contributed by atoms with Crippen molar-refractivity contribution in [3.05, 3.63) is 58.3 Å². The Hall–Kier alpha value is -2.18. The summed E-state index contributed by atoms with van der Waals surface area (Å²) in [6.45, 7) is 0.294. The second kappa shape index (κ2) is 9.07. The van der Waals surface area contributed by atoms with Crippen molar-refractivity contribution < 1.29 is 14.7 Å². The summed E-state index contributed by atoms with van der Waals surface area (Å²) >= 11 is 1.47.